The monoisotopic (exact) mass is 351 g/mol. The average molecular weight is 351 g/mol. The van der Waals surface area contributed by atoms with Gasteiger partial charge in [-0.05, 0) is 63.7 Å². The highest BCUT2D eigenvalue weighted by molar-refractivity contribution is 5.67. The fourth-order valence-corrected chi connectivity index (χ4v) is 6.37. The van der Waals surface area contributed by atoms with E-state index in [1.165, 1.54) is 32.1 Å². The number of carbonyl (C=O) groups excluding carboxylic acids is 1. The molecule has 140 valence electrons. The van der Waals surface area contributed by atoms with Gasteiger partial charge in [0.05, 0.1) is 0 Å². The molecule has 0 aromatic rings. The van der Waals surface area contributed by atoms with E-state index < -0.39 is 11.6 Å². The number of amides is 1. The minimum atomic E-state index is -0.731. The maximum absolute atomic E-state index is 11.8. The molecule has 1 saturated heterocycles. The lowest BCUT2D eigenvalue weighted by Crippen LogP contribution is -2.59. The molecular weight excluding hydrogens is 322 g/mol. The van der Waals surface area contributed by atoms with Gasteiger partial charge in [-0.2, -0.15) is 9.78 Å². The molecule has 1 N–H and O–H groups in total. The molecular formula is C19H29NO5. The molecule has 1 heterocycles. The van der Waals surface area contributed by atoms with Gasteiger partial charge in [0, 0.05) is 31.2 Å². The Labute approximate surface area is 148 Å². The molecule has 6 heteroatoms. The molecule has 0 radical (unpaired) electrons. The highest BCUT2D eigenvalue weighted by Crippen LogP contribution is 2.63. The summed E-state index contributed by atoms with van der Waals surface area (Å²) < 4.78 is 12.2. The lowest BCUT2D eigenvalue weighted by Gasteiger charge is -2.57. The third kappa shape index (κ3) is 2.60. The minimum absolute atomic E-state index is 0.170. The Morgan fingerprint density at radius 2 is 1.84 bits per heavy atom. The van der Waals surface area contributed by atoms with Crippen LogP contribution in [-0.4, -0.2) is 30.3 Å². The number of nitrogens with one attached hydrogen (secondary N) is 1. The predicted molar refractivity (Wildman–Crippen MR) is 88.2 cm³/mol. The quantitative estimate of drug-likeness (QED) is 0.771. The van der Waals surface area contributed by atoms with Crippen LogP contribution in [0.5, 0.6) is 0 Å². The zero-order valence-corrected chi connectivity index (χ0v) is 15.0. The molecule has 1 aliphatic heterocycles. The lowest BCUT2D eigenvalue weighted by molar-refractivity contribution is -0.390. The second-order valence-corrected chi connectivity index (χ2v) is 8.86. The third-order valence-corrected chi connectivity index (χ3v) is 7.16. The normalized spacial score (nSPS) is 50.5. The molecule has 0 aromatic heterocycles. The molecule has 6 fully saturated rings. The molecule has 2 atom stereocenters. The van der Waals surface area contributed by atoms with Gasteiger partial charge in [0.25, 0.3) is 0 Å². The highest BCUT2D eigenvalue weighted by atomic mass is 17.3. The van der Waals surface area contributed by atoms with Crippen LogP contribution in [0.4, 0.5) is 4.79 Å². The van der Waals surface area contributed by atoms with E-state index in [2.05, 4.69) is 5.32 Å². The lowest BCUT2D eigenvalue weighted by atomic mass is 9.53. The van der Waals surface area contributed by atoms with Crippen molar-refractivity contribution in [3.05, 3.63) is 0 Å². The van der Waals surface area contributed by atoms with E-state index in [0.29, 0.717) is 24.8 Å². The molecule has 25 heavy (non-hydrogen) atoms. The number of alkyl carbamates (subject to hydrolysis) is 1. The topological polar surface area (TPSA) is 66.0 Å². The van der Waals surface area contributed by atoms with Crippen LogP contribution >= 0.6 is 0 Å². The number of ether oxygens (including phenoxy) is 2. The molecule has 6 rings (SSSR count). The van der Waals surface area contributed by atoms with Gasteiger partial charge in [-0.25, -0.2) is 4.79 Å². The maximum atomic E-state index is 11.8. The van der Waals surface area contributed by atoms with E-state index in [1.54, 1.807) is 0 Å². The summed E-state index contributed by atoms with van der Waals surface area (Å²) >= 11 is 0. The van der Waals surface area contributed by atoms with E-state index in [9.17, 15) is 4.79 Å². The third-order valence-electron chi connectivity index (χ3n) is 7.16. The summed E-state index contributed by atoms with van der Waals surface area (Å²) in [6.07, 6.45) is 8.89. The van der Waals surface area contributed by atoms with Crippen molar-refractivity contribution in [1.82, 2.24) is 5.32 Å². The van der Waals surface area contributed by atoms with Crippen molar-refractivity contribution in [2.24, 2.45) is 23.7 Å². The van der Waals surface area contributed by atoms with Crippen molar-refractivity contribution in [3.63, 3.8) is 0 Å². The van der Waals surface area contributed by atoms with Crippen molar-refractivity contribution in [2.45, 2.75) is 82.4 Å². The van der Waals surface area contributed by atoms with Crippen LogP contribution in [0.2, 0.25) is 0 Å². The van der Waals surface area contributed by atoms with Crippen LogP contribution in [0.15, 0.2) is 0 Å². The Hall–Kier alpha value is -0.850. The SMILES string of the molecule is CCNC(=O)OC1CCCC2(C1)OOC1(O2)C2CC3CC(C2)CC1C3. The molecule has 1 amide bonds. The van der Waals surface area contributed by atoms with Gasteiger partial charge in [-0.15, -0.1) is 0 Å². The van der Waals surface area contributed by atoms with Gasteiger partial charge in [0.1, 0.15) is 6.10 Å². The molecule has 2 unspecified atom stereocenters. The van der Waals surface area contributed by atoms with Crippen molar-refractivity contribution in [2.75, 3.05) is 6.54 Å². The van der Waals surface area contributed by atoms with Gasteiger partial charge < -0.3 is 14.8 Å². The largest absolute Gasteiger partial charge is 0.446 e. The summed E-state index contributed by atoms with van der Waals surface area (Å²) in [5.41, 5.74) is 0. The maximum Gasteiger partial charge on any atom is 0.407 e. The summed E-state index contributed by atoms with van der Waals surface area (Å²) in [6.45, 7) is 2.46. The fraction of sp³-hybridized carbons (Fsp3) is 0.947. The Balaban J connectivity index is 1.30. The number of hydrogen-bond donors (Lipinski definition) is 1. The zero-order valence-electron chi connectivity index (χ0n) is 15.0. The minimum Gasteiger partial charge on any atom is -0.446 e. The Morgan fingerprint density at radius 1 is 1.12 bits per heavy atom. The van der Waals surface area contributed by atoms with Gasteiger partial charge in [0.15, 0.2) is 0 Å². The molecule has 0 aromatic carbocycles. The molecule has 5 aliphatic carbocycles. The first-order valence-corrected chi connectivity index (χ1v) is 10.1. The summed E-state index contributed by atoms with van der Waals surface area (Å²) in [4.78, 5) is 23.7. The number of hydrogen-bond acceptors (Lipinski definition) is 5. The van der Waals surface area contributed by atoms with E-state index in [-0.39, 0.29) is 12.2 Å². The highest BCUT2D eigenvalue weighted by Gasteiger charge is 2.67. The Kier molecular flexibility index (Phi) is 3.81. The van der Waals surface area contributed by atoms with E-state index in [0.717, 1.165) is 31.1 Å². The second kappa shape index (κ2) is 5.83. The van der Waals surface area contributed by atoms with Crippen LogP contribution in [0.1, 0.15) is 64.7 Å². The zero-order chi connectivity index (χ0) is 17.1. The van der Waals surface area contributed by atoms with Crippen LogP contribution in [0.3, 0.4) is 0 Å². The van der Waals surface area contributed by atoms with Gasteiger partial charge in [-0.3, -0.25) is 0 Å². The molecule has 6 aliphatic rings. The first-order valence-electron chi connectivity index (χ1n) is 10.1. The Morgan fingerprint density at radius 3 is 2.52 bits per heavy atom. The van der Waals surface area contributed by atoms with Gasteiger partial charge in [-0.1, -0.05) is 0 Å². The number of carbonyl (C=O) groups is 1. The van der Waals surface area contributed by atoms with Crippen molar-refractivity contribution < 1.29 is 24.0 Å². The molecule has 2 spiro atoms. The summed E-state index contributed by atoms with van der Waals surface area (Å²) in [5, 5.41) is 2.70. The molecule has 6 nitrogen and oxygen atoms in total. The standard InChI is InChI=1S/C19H29NO5/c1-2-20-17(21)22-16-4-3-5-18(11-16)23-19(25-24-18)14-7-12-6-13(9-14)10-15(19)8-12/h12-16H,2-11H2,1H3,(H,20,21). The predicted octanol–water partition coefficient (Wildman–Crippen LogP) is 3.50. The average Bonchev–Trinajstić information content (AvgIpc) is 2.92. The summed E-state index contributed by atoms with van der Waals surface area (Å²) in [7, 11) is 0. The van der Waals surface area contributed by atoms with Crippen LogP contribution in [0, 0.1) is 23.7 Å². The molecule has 4 bridgehead atoms. The van der Waals surface area contributed by atoms with Crippen LogP contribution < -0.4 is 5.32 Å². The second-order valence-electron chi connectivity index (χ2n) is 8.86. The van der Waals surface area contributed by atoms with E-state index >= 15 is 0 Å². The molecule has 5 saturated carbocycles. The first kappa shape index (κ1) is 16.3. The van der Waals surface area contributed by atoms with Gasteiger partial charge >= 0.3 is 6.09 Å². The summed E-state index contributed by atoms with van der Waals surface area (Å²) in [6, 6.07) is 0. The smallest absolute Gasteiger partial charge is 0.407 e. The first-order chi connectivity index (χ1) is 12.1. The van der Waals surface area contributed by atoms with Crippen molar-refractivity contribution >= 4 is 6.09 Å². The Bertz CT molecular complexity index is 524. The van der Waals surface area contributed by atoms with Crippen LogP contribution in [0.25, 0.3) is 0 Å². The van der Waals surface area contributed by atoms with Gasteiger partial charge in [0.2, 0.25) is 11.6 Å². The number of rotatable bonds is 2. The van der Waals surface area contributed by atoms with Crippen LogP contribution in [-0.2, 0) is 19.2 Å². The summed E-state index contributed by atoms with van der Waals surface area (Å²) in [5.74, 6) is 1.38. The fourth-order valence-electron chi connectivity index (χ4n) is 6.37. The van der Waals surface area contributed by atoms with Crippen molar-refractivity contribution in [3.8, 4) is 0 Å². The van der Waals surface area contributed by atoms with E-state index in [1.807, 2.05) is 6.92 Å². The van der Waals surface area contributed by atoms with Crippen molar-refractivity contribution in [1.29, 1.82) is 0 Å². The van der Waals surface area contributed by atoms with E-state index in [4.69, 9.17) is 19.2 Å².